The number of halogens is 1. The number of aromatic amines is 1. The van der Waals surface area contributed by atoms with Crippen LogP contribution < -0.4 is 5.32 Å². The third-order valence-corrected chi connectivity index (χ3v) is 3.30. The SMILES string of the molecule is Brc1ccc2cc([C@@H]3CCN3)[nH]c2c1. The zero-order valence-electron chi connectivity index (χ0n) is 7.68. The maximum absolute atomic E-state index is 3.47. The Kier molecular flexibility index (Phi) is 1.89. The highest BCUT2D eigenvalue weighted by molar-refractivity contribution is 9.10. The van der Waals surface area contributed by atoms with E-state index in [9.17, 15) is 0 Å². The van der Waals surface area contributed by atoms with E-state index in [1.165, 1.54) is 23.0 Å². The van der Waals surface area contributed by atoms with Gasteiger partial charge in [0.15, 0.2) is 0 Å². The van der Waals surface area contributed by atoms with Gasteiger partial charge >= 0.3 is 0 Å². The van der Waals surface area contributed by atoms with Crippen LogP contribution in [0.2, 0.25) is 0 Å². The van der Waals surface area contributed by atoms with Gasteiger partial charge in [-0.15, -0.1) is 0 Å². The fourth-order valence-electron chi connectivity index (χ4n) is 1.86. The number of hydrogen-bond acceptors (Lipinski definition) is 1. The molecule has 3 heteroatoms. The van der Waals surface area contributed by atoms with Gasteiger partial charge in [-0.1, -0.05) is 22.0 Å². The number of hydrogen-bond donors (Lipinski definition) is 2. The van der Waals surface area contributed by atoms with Crippen LogP contribution in [0.4, 0.5) is 0 Å². The molecular formula is C11H11BrN2. The third-order valence-electron chi connectivity index (χ3n) is 2.80. The van der Waals surface area contributed by atoms with Crippen LogP contribution in [0.1, 0.15) is 18.2 Å². The molecule has 0 spiro atoms. The second kappa shape index (κ2) is 3.11. The van der Waals surface area contributed by atoms with Crippen LogP contribution in [0, 0.1) is 0 Å². The molecule has 1 aromatic carbocycles. The maximum Gasteiger partial charge on any atom is 0.0485 e. The quantitative estimate of drug-likeness (QED) is 0.801. The van der Waals surface area contributed by atoms with Gasteiger partial charge in [0.25, 0.3) is 0 Å². The minimum absolute atomic E-state index is 0.543. The smallest absolute Gasteiger partial charge is 0.0485 e. The van der Waals surface area contributed by atoms with Crippen molar-refractivity contribution in [3.05, 3.63) is 34.4 Å². The summed E-state index contributed by atoms with van der Waals surface area (Å²) in [7, 11) is 0. The Balaban J connectivity index is 2.10. The molecule has 1 fully saturated rings. The minimum Gasteiger partial charge on any atom is -0.357 e. The lowest BCUT2D eigenvalue weighted by atomic mass is 10.0. The summed E-state index contributed by atoms with van der Waals surface area (Å²) >= 11 is 3.47. The Hall–Kier alpha value is -0.800. The van der Waals surface area contributed by atoms with Gasteiger partial charge < -0.3 is 10.3 Å². The first-order valence-electron chi connectivity index (χ1n) is 4.84. The molecule has 3 rings (SSSR count). The van der Waals surface area contributed by atoms with Gasteiger partial charge in [-0.05, 0) is 36.6 Å². The van der Waals surface area contributed by atoms with Crippen LogP contribution >= 0.6 is 15.9 Å². The number of fused-ring (bicyclic) bond motifs is 1. The minimum atomic E-state index is 0.543. The van der Waals surface area contributed by atoms with Crippen molar-refractivity contribution in [3.63, 3.8) is 0 Å². The predicted octanol–water partition coefficient (Wildman–Crippen LogP) is 2.96. The van der Waals surface area contributed by atoms with Crippen LogP contribution in [-0.2, 0) is 0 Å². The number of aromatic nitrogens is 1. The van der Waals surface area contributed by atoms with Gasteiger partial charge in [-0.3, -0.25) is 0 Å². The van der Waals surface area contributed by atoms with Crippen LogP contribution in [0.3, 0.4) is 0 Å². The van der Waals surface area contributed by atoms with Gasteiger partial charge in [0.05, 0.1) is 0 Å². The molecule has 0 unspecified atom stereocenters. The van der Waals surface area contributed by atoms with Crippen molar-refractivity contribution in [1.82, 2.24) is 10.3 Å². The van der Waals surface area contributed by atoms with Crippen LogP contribution in [0.5, 0.6) is 0 Å². The van der Waals surface area contributed by atoms with Gasteiger partial charge in [0.2, 0.25) is 0 Å². The highest BCUT2D eigenvalue weighted by Crippen LogP contribution is 2.27. The molecule has 2 N–H and O–H groups in total. The van der Waals surface area contributed by atoms with E-state index in [0.29, 0.717) is 6.04 Å². The molecule has 0 radical (unpaired) electrons. The first kappa shape index (κ1) is 8.50. The first-order chi connectivity index (χ1) is 6.83. The van der Waals surface area contributed by atoms with Crippen molar-refractivity contribution < 1.29 is 0 Å². The molecule has 1 aliphatic rings. The van der Waals surface area contributed by atoms with Gasteiger partial charge in [-0.2, -0.15) is 0 Å². The molecule has 1 atom stereocenters. The Bertz CT molecular complexity index is 471. The Morgan fingerprint density at radius 1 is 1.29 bits per heavy atom. The molecule has 1 saturated heterocycles. The molecule has 1 aromatic heterocycles. The molecule has 1 aliphatic heterocycles. The second-order valence-corrected chi connectivity index (χ2v) is 4.67. The lowest BCUT2D eigenvalue weighted by Gasteiger charge is -2.26. The molecule has 2 heterocycles. The summed E-state index contributed by atoms with van der Waals surface area (Å²) in [5.41, 5.74) is 2.52. The van der Waals surface area contributed by atoms with E-state index in [2.05, 4.69) is 50.5 Å². The highest BCUT2D eigenvalue weighted by Gasteiger charge is 2.19. The topological polar surface area (TPSA) is 27.8 Å². The third kappa shape index (κ3) is 1.28. The number of nitrogens with one attached hydrogen (secondary N) is 2. The Morgan fingerprint density at radius 3 is 2.86 bits per heavy atom. The lowest BCUT2D eigenvalue weighted by Crippen LogP contribution is -2.35. The lowest BCUT2D eigenvalue weighted by molar-refractivity contribution is 0.377. The van der Waals surface area contributed by atoms with E-state index in [1.807, 2.05) is 0 Å². The van der Waals surface area contributed by atoms with E-state index in [-0.39, 0.29) is 0 Å². The largest absolute Gasteiger partial charge is 0.357 e. The van der Waals surface area contributed by atoms with Crippen molar-refractivity contribution in [2.45, 2.75) is 12.5 Å². The van der Waals surface area contributed by atoms with Gasteiger partial charge in [0.1, 0.15) is 0 Å². The average molecular weight is 251 g/mol. The van der Waals surface area contributed by atoms with Gasteiger partial charge in [0, 0.05) is 21.7 Å². The van der Waals surface area contributed by atoms with E-state index >= 15 is 0 Å². The van der Waals surface area contributed by atoms with Crippen LogP contribution in [0.15, 0.2) is 28.7 Å². The van der Waals surface area contributed by atoms with Crippen LogP contribution in [-0.4, -0.2) is 11.5 Å². The molecule has 0 bridgehead atoms. The summed E-state index contributed by atoms with van der Waals surface area (Å²) in [4.78, 5) is 3.45. The predicted molar refractivity (Wildman–Crippen MR) is 61.4 cm³/mol. The Labute approximate surface area is 90.8 Å². The molecular weight excluding hydrogens is 240 g/mol. The fourth-order valence-corrected chi connectivity index (χ4v) is 2.22. The fraction of sp³-hybridized carbons (Fsp3) is 0.273. The van der Waals surface area contributed by atoms with E-state index in [0.717, 1.165) is 11.0 Å². The van der Waals surface area contributed by atoms with Crippen molar-refractivity contribution >= 4 is 26.8 Å². The van der Waals surface area contributed by atoms with Crippen molar-refractivity contribution in [2.24, 2.45) is 0 Å². The van der Waals surface area contributed by atoms with Gasteiger partial charge in [-0.25, -0.2) is 0 Å². The standard InChI is InChI=1S/C11H11BrN2/c12-8-2-1-7-5-11(9-3-4-13-9)14-10(7)6-8/h1-2,5-6,9,13-14H,3-4H2/t9-/m0/s1. The Morgan fingerprint density at radius 2 is 2.14 bits per heavy atom. The summed E-state index contributed by atoms with van der Waals surface area (Å²) in [6.45, 7) is 1.14. The zero-order chi connectivity index (χ0) is 9.54. The summed E-state index contributed by atoms with van der Waals surface area (Å²) in [6.07, 6.45) is 1.24. The summed E-state index contributed by atoms with van der Waals surface area (Å²) < 4.78 is 1.12. The summed E-state index contributed by atoms with van der Waals surface area (Å²) in [6, 6.07) is 9.11. The van der Waals surface area contributed by atoms with E-state index in [4.69, 9.17) is 0 Å². The van der Waals surface area contributed by atoms with Crippen molar-refractivity contribution in [3.8, 4) is 0 Å². The normalized spacial score (nSPS) is 21.1. The number of H-pyrrole nitrogens is 1. The molecule has 0 saturated carbocycles. The number of benzene rings is 1. The summed E-state index contributed by atoms with van der Waals surface area (Å²) in [5.74, 6) is 0. The molecule has 0 amide bonds. The highest BCUT2D eigenvalue weighted by atomic mass is 79.9. The van der Waals surface area contributed by atoms with Crippen LogP contribution in [0.25, 0.3) is 10.9 Å². The first-order valence-corrected chi connectivity index (χ1v) is 5.64. The summed E-state index contributed by atoms with van der Waals surface area (Å²) in [5, 5.41) is 4.68. The van der Waals surface area contributed by atoms with E-state index in [1.54, 1.807) is 0 Å². The number of rotatable bonds is 1. The van der Waals surface area contributed by atoms with E-state index < -0.39 is 0 Å². The monoisotopic (exact) mass is 250 g/mol. The maximum atomic E-state index is 3.47. The average Bonchev–Trinajstić information content (AvgIpc) is 2.43. The molecule has 0 aliphatic carbocycles. The molecule has 14 heavy (non-hydrogen) atoms. The second-order valence-electron chi connectivity index (χ2n) is 3.75. The van der Waals surface area contributed by atoms with Crippen molar-refractivity contribution in [2.75, 3.05) is 6.54 Å². The zero-order valence-corrected chi connectivity index (χ0v) is 9.26. The van der Waals surface area contributed by atoms with Crippen molar-refractivity contribution in [1.29, 1.82) is 0 Å². The molecule has 2 aromatic rings. The molecule has 72 valence electrons. The molecule has 2 nitrogen and oxygen atoms in total.